The first-order valence-electron chi connectivity index (χ1n) is 6.69. The molecule has 100 valence electrons. The van der Waals surface area contributed by atoms with Crippen molar-refractivity contribution < 1.29 is 4.74 Å². The Morgan fingerprint density at radius 3 is 2.53 bits per heavy atom. The Morgan fingerprint density at radius 1 is 1.05 bits per heavy atom. The van der Waals surface area contributed by atoms with Gasteiger partial charge in [0, 0.05) is 12.7 Å². The summed E-state index contributed by atoms with van der Waals surface area (Å²) < 4.78 is 5.37. The predicted octanol–water partition coefficient (Wildman–Crippen LogP) is 3.89. The highest BCUT2D eigenvalue weighted by atomic mass is 16.5. The summed E-state index contributed by atoms with van der Waals surface area (Å²) in [6.45, 7) is 2.16. The number of rotatable bonds is 5. The molecular weight excluding hydrogens is 234 g/mol. The Bertz CT molecular complexity index is 549. The molecule has 0 heterocycles. The summed E-state index contributed by atoms with van der Waals surface area (Å²) in [7, 11) is 3.67. The Kier molecular flexibility index (Phi) is 4.45. The number of anilines is 1. The monoisotopic (exact) mass is 255 g/mol. The minimum Gasteiger partial charge on any atom is -0.496 e. The SMILES string of the molecule is CCc1cc(Cc2cccc(NC)c2)ccc1OC. The second-order valence-electron chi connectivity index (χ2n) is 4.63. The molecule has 0 radical (unpaired) electrons. The maximum Gasteiger partial charge on any atom is 0.122 e. The number of benzene rings is 2. The van der Waals surface area contributed by atoms with Crippen LogP contribution in [0.5, 0.6) is 5.75 Å². The van der Waals surface area contributed by atoms with Crippen LogP contribution in [0.15, 0.2) is 42.5 Å². The van der Waals surface area contributed by atoms with Crippen LogP contribution in [0.3, 0.4) is 0 Å². The van der Waals surface area contributed by atoms with E-state index in [0.29, 0.717) is 0 Å². The largest absolute Gasteiger partial charge is 0.496 e. The van der Waals surface area contributed by atoms with E-state index in [-0.39, 0.29) is 0 Å². The van der Waals surface area contributed by atoms with Crippen LogP contribution in [-0.2, 0) is 12.8 Å². The molecule has 19 heavy (non-hydrogen) atoms. The topological polar surface area (TPSA) is 21.3 Å². The number of hydrogen-bond acceptors (Lipinski definition) is 2. The number of methoxy groups -OCH3 is 1. The van der Waals surface area contributed by atoms with E-state index in [1.807, 2.05) is 7.05 Å². The normalized spacial score (nSPS) is 10.3. The third-order valence-corrected chi connectivity index (χ3v) is 3.35. The van der Waals surface area contributed by atoms with Gasteiger partial charge in [-0.15, -0.1) is 0 Å². The third-order valence-electron chi connectivity index (χ3n) is 3.35. The van der Waals surface area contributed by atoms with Gasteiger partial charge in [-0.1, -0.05) is 31.2 Å². The zero-order chi connectivity index (χ0) is 13.7. The molecule has 0 saturated heterocycles. The highest BCUT2D eigenvalue weighted by Gasteiger charge is 2.04. The second-order valence-corrected chi connectivity index (χ2v) is 4.63. The lowest BCUT2D eigenvalue weighted by molar-refractivity contribution is 0.410. The first-order chi connectivity index (χ1) is 9.26. The van der Waals surface area contributed by atoms with E-state index in [1.54, 1.807) is 7.11 Å². The summed E-state index contributed by atoms with van der Waals surface area (Å²) in [6.07, 6.45) is 1.94. The molecule has 0 aromatic heterocycles. The lowest BCUT2D eigenvalue weighted by atomic mass is 10.0. The van der Waals surface area contributed by atoms with E-state index < -0.39 is 0 Å². The van der Waals surface area contributed by atoms with Gasteiger partial charge in [-0.05, 0) is 47.7 Å². The summed E-state index contributed by atoms with van der Waals surface area (Å²) in [5.41, 5.74) is 5.07. The minimum atomic E-state index is 0.951. The maximum absolute atomic E-state index is 5.37. The van der Waals surface area contributed by atoms with E-state index in [1.165, 1.54) is 16.7 Å². The molecule has 0 aliphatic rings. The van der Waals surface area contributed by atoms with Gasteiger partial charge in [-0.3, -0.25) is 0 Å². The van der Waals surface area contributed by atoms with Gasteiger partial charge in [-0.25, -0.2) is 0 Å². The van der Waals surface area contributed by atoms with Crippen molar-refractivity contribution in [3.8, 4) is 5.75 Å². The zero-order valence-corrected chi connectivity index (χ0v) is 11.9. The van der Waals surface area contributed by atoms with Crippen molar-refractivity contribution in [1.82, 2.24) is 0 Å². The standard InChI is InChI=1S/C17H21NO/c1-4-15-11-14(8-9-17(15)19-3)10-13-6-5-7-16(12-13)18-2/h5-9,11-12,18H,4,10H2,1-3H3. The van der Waals surface area contributed by atoms with Crippen LogP contribution in [-0.4, -0.2) is 14.2 Å². The molecule has 0 aliphatic heterocycles. The molecule has 2 nitrogen and oxygen atoms in total. The van der Waals surface area contributed by atoms with Crippen LogP contribution in [0.4, 0.5) is 5.69 Å². The van der Waals surface area contributed by atoms with E-state index in [9.17, 15) is 0 Å². The fourth-order valence-corrected chi connectivity index (χ4v) is 2.29. The van der Waals surface area contributed by atoms with Crippen molar-refractivity contribution in [2.24, 2.45) is 0 Å². The van der Waals surface area contributed by atoms with Gasteiger partial charge >= 0.3 is 0 Å². The molecule has 0 bridgehead atoms. The molecule has 0 saturated carbocycles. The summed E-state index contributed by atoms with van der Waals surface area (Å²) in [4.78, 5) is 0. The number of ether oxygens (including phenoxy) is 1. The average Bonchev–Trinajstić information content (AvgIpc) is 2.47. The predicted molar refractivity (Wildman–Crippen MR) is 81.2 cm³/mol. The molecule has 0 aliphatic carbocycles. The van der Waals surface area contributed by atoms with Crippen LogP contribution >= 0.6 is 0 Å². The Labute approximate surface area is 115 Å². The third kappa shape index (κ3) is 3.28. The molecule has 0 fully saturated rings. The summed E-state index contributed by atoms with van der Waals surface area (Å²) in [5, 5.41) is 3.17. The highest BCUT2D eigenvalue weighted by molar-refractivity contribution is 5.47. The van der Waals surface area contributed by atoms with Gasteiger partial charge in [0.05, 0.1) is 7.11 Å². The second kappa shape index (κ2) is 6.28. The van der Waals surface area contributed by atoms with Crippen molar-refractivity contribution in [1.29, 1.82) is 0 Å². The Hall–Kier alpha value is -1.96. The van der Waals surface area contributed by atoms with Crippen molar-refractivity contribution >= 4 is 5.69 Å². The van der Waals surface area contributed by atoms with Crippen molar-refractivity contribution in [3.63, 3.8) is 0 Å². The number of nitrogens with one attached hydrogen (secondary N) is 1. The van der Waals surface area contributed by atoms with Gasteiger partial charge in [0.15, 0.2) is 0 Å². The highest BCUT2D eigenvalue weighted by Crippen LogP contribution is 2.22. The molecule has 2 aromatic carbocycles. The van der Waals surface area contributed by atoms with Crippen LogP contribution in [0.2, 0.25) is 0 Å². The van der Waals surface area contributed by atoms with Crippen molar-refractivity contribution in [2.75, 3.05) is 19.5 Å². The van der Waals surface area contributed by atoms with E-state index >= 15 is 0 Å². The number of aryl methyl sites for hydroxylation is 1. The van der Waals surface area contributed by atoms with E-state index in [4.69, 9.17) is 4.74 Å². The van der Waals surface area contributed by atoms with Crippen LogP contribution in [0.1, 0.15) is 23.6 Å². The van der Waals surface area contributed by atoms with Crippen molar-refractivity contribution in [2.45, 2.75) is 19.8 Å². The maximum atomic E-state index is 5.37. The molecule has 0 spiro atoms. The van der Waals surface area contributed by atoms with Gasteiger partial charge in [0.2, 0.25) is 0 Å². The lowest BCUT2D eigenvalue weighted by Crippen LogP contribution is -1.95. The number of hydrogen-bond donors (Lipinski definition) is 1. The van der Waals surface area contributed by atoms with E-state index in [0.717, 1.165) is 24.3 Å². The van der Waals surface area contributed by atoms with Gasteiger partial charge in [-0.2, -0.15) is 0 Å². The zero-order valence-electron chi connectivity index (χ0n) is 11.9. The first-order valence-corrected chi connectivity index (χ1v) is 6.69. The van der Waals surface area contributed by atoms with Crippen LogP contribution < -0.4 is 10.1 Å². The molecule has 1 N–H and O–H groups in total. The Balaban J connectivity index is 2.22. The molecule has 2 heteroatoms. The summed E-state index contributed by atoms with van der Waals surface area (Å²) in [5.74, 6) is 0.982. The average molecular weight is 255 g/mol. The molecule has 2 aromatic rings. The van der Waals surface area contributed by atoms with Gasteiger partial charge in [0.25, 0.3) is 0 Å². The van der Waals surface area contributed by atoms with Gasteiger partial charge in [0.1, 0.15) is 5.75 Å². The molecule has 2 rings (SSSR count). The first kappa shape index (κ1) is 13.5. The van der Waals surface area contributed by atoms with Crippen LogP contribution in [0, 0.1) is 0 Å². The molecule has 0 atom stereocenters. The van der Waals surface area contributed by atoms with Crippen molar-refractivity contribution in [3.05, 3.63) is 59.2 Å². The molecule has 0 unspecified atom stereocenters. The lowest BCUT2D eigenvalue weighted by Gasteiger charge is -2.10. The minimum absolute atomic E-state index is 0.951. The summed E-state index contributed by atoms with van der Waals surface area (Å²) >= 11 is 0. The smallest absolute Gasteiger partial charge is 0.122 e. The fourth-order valence-electron chi connectivity index (χ4n) is 2.29. The van der Waals surface area contributed by atoms with Gasteiger partial charge < -0.3 is 10.1 Å². The van der Waals surface area contributed by atoms with E-state index in [2.05, 4.69) is 54.7 Å². The quantitative estimate of drug-likeness (QED) is 0.875. The Morgan fingerprint density at radius 2 is 1.84 bits per heavy atom. The summed E-state index contributed by atoms with van der Waals surface area (Å²) in [6, 6.07) is 15.0. The molecule has 0 amide bonds. The molecular formula is C17H21NO. The fraction of sp³-hybridized carbons (Fsp3) is 0.294. The van der Waals surface area contributed by atoms with Crippen LogP contribution in [0.25, 0.3) is 0 Å².